The molecule has 3 nitrogen and oxygen atoms in total. The fraction of sp³-hybridized carbons (Fsp3) is 1.00. The largest absolute Gasteiger partial charge is 0.291 e. The van der Waals surface area contributed by atoms with Crippen molar-refractivity contribution in [3.63, 3.8) is 0 Å². The molecule has 1 N–H and O–H groups in total. The number of rotatable bonds is 22. The van der Waals surface area contributed by atoms with Gasteiger partial charge in [0.15, 0.2) is 0 Å². The maximum Gasteiger partial charge on any atom is 0.291 e. The molecule has 0 heterocycles. The normalized spacial score (nSPS) is 17.5. The topological polar surface area (TPSA) is 54.4 Å². The summed E-state index contributed by atoms with van der Waals surface area (Å²) in [5, 5.41) is 0. The van der Waals surface area contributed by atoms with E-state index in [1.54, 1.807) is 0 Å². The predicted molar refractivity (Wildman–Crippen MR) is 703 cm³/mol. The lowest BCUT2D eigenvalue weighted by molar-refractivity contribution is 0.477. The predicted octanol–water partition coefficient (Wildman–Crippen LogP) is 34.7. The Bertz CT molecular complexity index is 2080. The van der Waals surface area contributed by atoms with E-state index in [0.717, 1.165) is 0 Å². The van der Waals surface area contributed by atoms with Crippen LogP contribution in [0.1, 0.15) is 0 Å². The number of hydrogen-bond donors (Lipinski definition) is 1. The molecule has 0 amide bonds. The third-order valence-electron chi connectivity index (χ3n) is 8.54. The third kappa shape index (κ3) is 19.6. The number of hydrogen-bond acceptors (Lipinski definition) is 2. The van der Waals surface area contributed by atoms with Crippen LogP contribution in [0.3, 0.4) is 0 Å². The van der Waals surface area contributed by atoms with Crippen molar-refractivity contribution in [2.24, 2.45) is 0 Å². The second-order valence-electron chi connectivity index (χ2n) is 13.0. The lowest BCUT2D eigenvalue weighted by Crippen LogP contribution is -2.74. The Morgan fingerprint density at radius 2 is 0.254 bits per heavy atom. The van der Waals surface area contributed by atoms with Gasteiger partial charge in [-0.1, -0.05) is 971 Å². The van der Waals surface area contributed by atoms with E-state index in [0.29, 0.717) is 0 Å². The van der Waals surface area contributed by atoms with Gasteiger partial charge in [0.25, 0.3) is 10.1 Å². The van der Waals surface area contributed by atoms with Crippen LogP contribution in [0.2, 0.25) is 0 Å². The zero-order valence-corrected chi connectivity index (χ0v) is 128. The van der Waals surface area contributed by atoms with Gasteiger partial charge in [0.05, 0.1) is 0 Å². The molecule has 0 aliphatic carbocycles. The quantitative estimate of drug-likeness (QED) is 0.0668. The van der Waals surface area contributed by atoms with Gasteiger partial charge in [-0.25, -0.2) is 0 Å². The average molecular weight is 6060 g/mol. The first-order valence-corrected chi connectivity index (χ1v) is 64.5. The fourth-order valence-corrected chi connectivity index (χ4v) is 81.7. The SMILES string of the molecule is O=S(=O)(O)C(I)(I)C(I)(I)C(I)(I)C(I)(I)C(I)(I)C(I)(I)C(I)(I)C(I)(I)C(I)(I)C(I)(I)C(I)(I)C(I)(I)C(I)(I)C(I)(I)C(I)(I)C(I)(I)C(I)(I)C(I)(I)C(I)(I)C(I)(I)C(I)(I)C(I)(I)I. The minimum atomic E-state index is -4.45. The van der Waals surface area contributed by atoms with Crippen LogP contribution in [0.15, 0.2) is 0 Å². The Labute approximate surface area is 1030 Å². The minimum absolute atomic E-state index is 0.0432. The Morgan fingerprint density at radius 3 is 0.338 bits per heavy atom. The number of alkyl halides is 45. The molecule has 0 aromatic heterocycles. The van der Waals surface area contributed by atoms with E-state index in [-0.39, 0.29) is 13.7 Å². The van der Waals surface area contributed by atoms with Gasteiger partial charge in [-0.15, -0.1) is 0 Å². The highest BCUT2D eigenvalue weighted by atomic mass is 127. The lowest BCUT2D eigenvalue weighted by atomic mass is 10.0. The van der Waals surface area contributed by atoms with Crippen molar-refractivity contribution >= 4 is 1030 Å². The fourth-order valence-electron chi connectivity index (χ4n) is 4.07. The van der Waals surface area contributed by atoms with E-state index in [1.807, 2.05) is 45.2 Å². The summed E-state index contributed by atoms with van der Waals surface area (Å²) in [5.41, 5.74) is 0. The summed E-state index contributed by atoms with van der Waals surface area (Å²) in [6.45, 7) is 0. The minimum Gasteiger partial charge on any atom is -0.284 e. The second-order valence-corrected chi connectivity index (χ2v) is 138. The van der Waals surface area contributed by atoms with Gasteiger partial charge in [-0.3, -0.25) is 4.55 Å². The average Bonchev–Trinajstić information content (AvgIpc) is 3.11. The molecule has 0 saturated carbocycles. The van der Waals surface area contributed by atoms with Crippen LogP contribution in [0.25, 0.3) is 0 Å². The van der Waals surface area contributed by atoms with Crippen molar-refractivity contribution < 1.29 is 13.0 Å². The molecule has 0 aliphatic rings. The summed E-state index contributed by atoms with van der Waals surface area (Å²) in [4.78, 5) is 0. The Balaban J connectivity index is 8.15. The molecule has 0 aromatic rings. The van der Waals surface area contributed by atoms with Crippen molar-refractivity contribution in [1.29, 1.82) is 0 Å². The van der Waals surface area contributed by atoms with E-state index in [2.05, 4.69) is 971 Å². The Morgan fingerprint density at radius 1 is 0.169 bits per heavy atom. The van der Waals surface area contributed by atoms with Crippen molar-refractivity contribution in [2.45, 2.75) is 28.8 Å². The molecule has 0 bridgehead atoms. The molecule has 428 valence electrons. The third-order valence-corrected chi connectivity index (χ3v) is 171. The van der Waals surface area contributed by atoms with Crippen LogP contribution >= 0.6 is 1020 Å². The molecular formula is C22HI45O3S. The highest BCUT2D eigenvalue weighted by Crippen LogP contribution is 2.87. The summed E-state index contributed by atoms with van der Waals surface area (Å²) >= 11 is 121. The monoisotopic (exact) mass is 6060 g/mol. The summed E-state index contributed by atoms with van der Waals surface area (Å²) in [5.74, 6) is 0. The zero-order chi connectivity index (χ0) is 59.5. The molecule has 0 fully saturated rings. The standard InChI is InChI=1S/C22HI45O3S/c23-1(24,3(27,28)5(31,32)7(35,36)9(39,40)11(43,44)13(47,48)15(51,52)17(55,56)19(59,60)21(63,64)65)2(25,26)4(29,30)6(33,34)8(37,38)10(41,42)12(45,46)14(49,50)16(53,54)18(57,58)20(61,62)22(66,67)71(68,69)70/h(H,68,69,70). The summed E-state index contributed by atoms with van der Waals surface area (Å²) < 4.78 is 27.0. The Hall–Kier alpha value is 32.8. The van der Waals surface area contributed by atoms with Crippen LogP contribution in [0, 0.1) is 0 Å². The first-order valence-electron chi connectivity index (χ1n) is 14.5. The highest BCUT2D eigenvalue weighted by molar-refractivity contribution is 14.3. The first kappa shape index (κ1) is 104. The lowest BCUT2D eigenvalue weighted by Gasteiger charge is -2.63. The van der Waals surface area contributed by atoms with Gasteiger partial charge < -0.3 is 0 Å². The molecule has 0 rings (SSSR count). The second kappa shape index (κ2) is 36.5. The smallest absolute Gasteiger partial charge is 0.284 e. The van der Waals surface area contributed by atoms with E-state index in [9.17, 15) is 13.0 Å². The van der Waals surface area contributed by atoms with Crippen molar-refractivity contribution in [3.05, 3.63) is 0 Å². The summed E-state index contributed by atoms with van der Waals surface area (Å²) in [6.07, 6.45) is 0. The van der Waals surface area contributed by atoms with Gasteiger partial charge in [0, 0.05) is 0 Å². The van der Waals surface area contributed by atoms with Gasteiger partial charge in [0.2, 0.25) is 0.760 Å². The van der Waals surface area contributed by atoms with Crippen molar-refractivity contribution in [2.75, 3.05) is 0 Å². The van der Waals surface area contributed by atoms with Gasteiger partial charge >= 0.3 is 0 Å². The molecule has 71 heavy (non-hydrogen) atoms. The van der Waals surface area contributed by atoms with Crippen LogP contribution in [0.4, 0.5) is 0 Å². The highest BCUT2D eigenvalue weighted by Gasteiger charge is 2.85. The van der Waals surface area contributed by atoms with E-state index >= 15 is 0 Å². The summed E-state index contributed by atoms with van der Waals surface area (Å²) in [6, 6.07) is 0. The maximum atomic E-state index is 13.1. The summed E-state index contributed by atoms with van der Waals surface area (Å²) in [7, 11) is -4.45. The molecular weight excluding hydrogens is 6050 g/mol. The van der Waals surface area contributed by atoms with E-state index in [4.69, 9.17) is 0 Å². The van der Waals surface area contributed by atoms with Crippen LogP contribution in [0.5, 0.6) is 0 Å². The molecule has 0 atom stereocenters. The Kier molecular flexibility index (Phi) is 53.3. The van der Waals surface area contributed by atoms with E-state index < -0.39 is 25.2 Å². The molecule has 0 unspecified atom stereocenters. The molecule has 0 aliphatic heterocycles. The van der Waals surface area contributed by atoms with Crippen LogP contribution < -0.4 is 0 Å². The van der Waals surface area contributed by atoms with Crippen LogP contribution in [-0.2, 0) is 10.1 Å². The zero-order valence-electron chi connectivity index (χ0n) is 29.7. The molecule has 0 aromatic carbocycles. The molecule has 0 saturated heterocycles. The molecule has 0 radical (unpaired) electrons. The molecule has 49 heteroatoms. The van der Waals surface area contributed by atoms with Crippen molar-refractivity contribution in [1.82, 2.24) is 0 Å². The maximum absolute atomic E-state index is 13.1. The van der Waals surface area contributed by atoms with Gasteiger partial charge in [-0.2, -0.15) is 8.42 Å². The first-order chi connectivity index (χ1) is 29.5. The van der Waals surface area contributed by atoms with Crippen LogP contribution in [-0.4, -0.2) is 41.7 Å². The van der Waals surface area contributed by atoms with Gasteiger partial charge in [-0.05, 0) is 45.2 Å². The van der Waals surface area contributed by atoms with E-state index in [1.165, 1.54) is 0 Å². The molecule has 0 spiro atoms. The number of halogens is 45. The van der Waals surface area contributed by atoms with Gasteiger partial charge in [0.1, 0.15) is 28.0 Å². The van der Waals surface area contributed by atoms with Crippen molar-refractivity contribution in [3.8, 4) is 0 Å².